The van der Waals surface area contributed by atoms with Gasteiger partial charge in [0.05, 0.1) is 23.2 Å². The molecule has 1 heterocycles. The van der Waals surface area contributed by atoms with Crippen molar-refractivity contribution in [1.29, 1.82) is 0 Å². The van der Waals surface area contributed by atoms with Gasteiger partial charge in [-0.3, -0.25) is 14.3 Å². The molecule has 10 heteroatoms. The van der Waals surface area contributed by atoms with E-state index < -0.39 is 27.5 Å². The van der Waals surface area contributed by atoms with E-state index in [0.717, 1.165) is 10.9 Å². The molecule has 2 rings (SSSR count). The monoisotopic (exact) mass is 384 g/mol. The first kappa shape index (κ1) is 18.9. The molecule has 2 aromatic rings. The van der Waals surface area contributed by atoms with Crippen molar-refractivity contribution < 1.29 is 13.2 Å². The second-order valence-electron chi connectivity index (χ2n) is 5.53. The summed E-state index contributed by atoms with van der Waals surface area (Å²) in [5.41, 5.74) is 0.941. The lowest BCUT2D eigenvalue weighted by molar-refractivity contribution is -0.119. The Balaban J connectivity index is 2.22. The number of hydrogen-bond acceptors (Lipinski definition) is 5. The van der Waals surface area contributed by atoms with Gasteiger partial charge in [0.25, 0.3) is 5.56 Å². The molecule has 0 radical (unpaired) electrons. The molecule has 0 aliphatic heterocycles. The lowest BCUT2D eigenvalue weighted by Crippen LogP contribution is -2.32. The molecule has 2 N–H and O–H groups in total. The summed E-state index contributed by atoms with van der Waals surface area (Å²) < 4.78 is 26.2. The van der Waals surface area contributed by atoms with Crippen LogP contribution in [0.4, 0.5) is 11.4 Å². The zero-order chi connectivity index (χ0) is 18.8. The van der Waals surface area contributed by atoms with Crippen LogP contribution in [0.2, 0.25) is 5.02 Å². The fourth-order valence-electron chi connectivity index (χ4n) is 2.05. The first-order chi connectivity index (χ1) is 11.6. The van der Waals surface area contributed by atoms with Crippen LogP contribution in [0.15, 0.2) is 35.3 Å². The van der Waals surface area contributed by atoms with E-state index in [4.69, 9.17) is 11.6 Å². The summed E-state index contributed by atoms with van der Waals surface area (Å²) in [6, 6.07) is 5.08. The number of aryl methyl sites for hydroxylation is 1. The molecule has 0 fully saturated rings. The maximum atomic E-state index is 12.3. The van der Waals surface area contributed by atoms with Crippen molar-refractivity contribution in [1.82, 2.24) is 9.78 Å². The average Bonchev–Trinajstić information content (AvgIpc) is 2.48. The van der Waals surface area contributed by atoms with Crippen LogP contribution in [0.25, 0.3) is 0 Å². The van der Waals surface area contributed by atoms with Gasteiger partial charge in [0, 0.05) is 11.8 Å². The van der Waals surface area contributed by atoms with E-state index in [1.165, 1.54) is 25.3 Å². The van der Waals surface area contributed by atoms with Crippen LogP contribution in [0.3, 0.4) is 0 Å². The van der Waals surface area contributed by atoms with E-state index in [-0.39, 0.29) is 5.02 Å². The molecular formula is C15H17ClN4O4S. The number of hydrogen-bond donors (Lipinski definition) is 2. The average molecular weight is 385 g/mol. The zero-order valence-electron chi connectivity index (χ0n) is 13.8. The number of amides is 1. The van der Waals surface area contributed by atoms with E-state index in [2.05, 4.69) is 15.1 Å². The highest BCUT2D eigenvalue weighted by Crippen LogP contribution is 2.22. The topological polar surface area (TPSA) is 110 Å². The summed E-state index contributed by atoms with van der Waals surface area (Å²) in [4.78, 5) is 24.2. The van der Waals surface area contributed by atoms with Crippen molar-refractivity contribution in [3.05, 3.63) is 51.4 Å². The van der Waals surface area contributed by atoms with Gasteiger partial charge in [0.2, 0.25) is 15.9 Å². The van der Waals surface area contributed by atoms with Gasteiger partial charge >= 0.3 is 0 Å². The number of carbonyl (C=O) groups excluding carboxylic acids is 1. The minimum absolute atomic E-state index is 0.184. The number of sulfonamides is 1. The first-order valence-corrected chi connectivity index (χ1v) is 9.47. The highest BCUT2D eigenvalue weighted by molar-refractivity contribution is 7.92. The van der Waals surface area contributed by atoms with Gasteiger partial charge in [-0.25, -0.2) is 13.1 Å². The lowest BCUT2D eigenvalue weighted by Gasteiger charge is -2.15. The Morgan fingerprint density at radius 2 is 2.00 bits per heavy atom. The third-order valence-electron chi connectivity index (χ3n) is 3.34. The molecule has 1 aromatic carbocycles. The summed E-state index contributed by atoms with van der Waals surface area (Å²) >= 11 is 5.68. The van der Waals surface area contributed by atoms with Gasteiger partial charge in [0.1, 0.15) is 6.04 Å². The van der Waals surface area contributed by atoms with Gasteiger partial charge in [-0.2, -0.15) is 5.10 Å². The quantitative estimate of drug-likeness (QED) is 0.816. The Labute approximate surface area is 149 Å². The molecule has 0 saturated heterocycles. The van der Waals surface area contributed by atoms with Gasteiger partial charge in [-0.1, -0.05) is 17.7 Å². The molecule has 1 unspecified atom stereocenters. The number of anilines is 2. The zero-order valence-corrected chi connectivity index (χ0v) is 15.4. The van der Waals surface area contributed by atoms with E-state index in [1.807, 2.05) is 0 Å². The number of aromatic nitrogens is 2. The Bertz CT molecular complexity index is 972. The molecule has 1 aromatic heterocycles. The van der Waals surface area contributed by atoms with Crippen LogP contribution in [0, 0.1) is 6.92 Å². The standard InChI is InChI=1S/C15H17ClN4O4S/c1-9-4-5-12(7-13(9)19-25(3,23)24)18-15(22)10(2)20-14(21)6-11(16)8-17-20/h4-8,10,19H,1-3H3,(H,18,22). The Hall–Kier alpha value is -2.39. The summed E-state index contributed by atoms with van der Waals surface area (Å²) in [6.45, 7) is 3.25. The first-order valence-electron chi connectivity index (χ1n) is 7.20. The van der Waals surface area contributed by atoms with Crippen molar-refractivity contribution in [2.75, 3.05) is 16.3 Å². The number of halogens is 1. The molecule has 8 nitrogen and oxygen atoms in total. The molecule has 1 amide bonds. The molecular weight excluding hydrogens is 368 g/mol. The largest absolute Gasteiger partial charge is 0.324 e. The minimum Gasteiger partial charge on any atom is -0.324 e. The second kappa shape index (κ2) is 7.24. The molecule has 0 aliphatic rings. The number of nitrogens with one attached hydrogen (secondary N) is 2. The van der Waals surface area contributed by atoms with Crippen molar-refractivity contribution in [2.24, 2.45) is 0 Å². The summed E-state index contributed by atoms with van der Waals surface area (Å²) in [6.07, 6.45) is 2.31. The van der Waals surface area contributed by atoms with Crippen LogP contribution < -0.4 is 15.6 Å². The van der Waals surface area contributed by atoms with E-state index >= 15 is 0 Å². The lowest BCUT2D eigenvalue weighted by atomic mass is 10.2. The van der Waals surface area contributed by atoms with E-state index in [1.54, 1.807) is 19.1 Å². The fraction of sp³-hybridized carbons (Fsp3) is 0.267. The van der Waals surface area contributed by atoms with Crippen LogP contribution in [0.1, 0.15) is 18.5 Å². The smallest absolute Gasteiger partial charge is 0.268 e. The van der Waals surface area contributed by atoms with E-state index in [0.29, 0.717) is 16.9 Å². The minimum atomic E-state index is -3.44. The summed E-state index contributed by atoms with van der Waals surface area (Å²) in [5, 5.41) is 6.65. The van der Waals surface area contributed by atoms with Gasteiger partial charge in [-0.15, -0.1) is 0 Å². The Morgan fingerprint density at radius 1 is 1.32 bits per heavy atom. The molecule has 0 bridgehead atoms. The van der Waals surface area contributed by atoms with Crippen molar-refractivity contribution in [3.8, 4) is 0 Å². The number of carbonyl (C=O) groups is 1. The van der Waals surface area contributed by atoms with Gasteiger partial charge < -0.3 is 5.32 Å². The number of benzene rings is 1. The maximum Gasteiger partial charge on any atom is 0.268 e. The van der Waals surface area contributed by atoms with Crippen LogP contribution in [-0.2, 0) is 14.8 Å². The molecule has 25 heavy (non-hydrogen) atoms. The normalized spacial score (nSPS) is 12.5. The predicted octanol–water partition coefficient (Wildman–Crippen LogP) is 1.78. The third kappa shape index (κ3) is 5.04. The number of rotatable bonds is 5. The number of nitrogens with zero attached hydrogens (tertiary/aromatic N) is 2. The highest BCUT2D eigenvalue weighted by Gasteiger charge is 2.18. The van der Waals surface area contributed by atoms with Crippen LogP contribution in [-0.4, -0.2) is 30.4 Å². The Morgan fingerprint density at radius 3 is 2.60 bits per heavy atom. The molecule has 0 aliphatic carbocycles. The maximum absolute atomic E-state index is 12.3. The fourth-order valence-corrected chi connectivity index (χ4v) is 2.81. The molecule has 1 atom stereocenters. The highest BCUT2D eigenvalue weighted by atomic mass is 35.5. The third-order valence-corrected chi connectivity index (χ3v) is 4.14. The SMILES string of the molecule is Cc1ccc(NC(=O)C(C)n2ncc(Cl)cc2=O)cc1NS(C)(=O)=O. The van der Waals surface area contributed by atoms with Gasteiger partial charge in [-0.05, 0) is 31.5 Å². The van der Waals surface area contributed by atoms with Gasteiger partial charge in [0.15, 0.2) is 0 Å². The molecule has 134 valence electrons. The van der Waals surface area contributed by atoms with Crippen molar-refractivity contribution in [3.63, 3.8) is 0 Å². The van der Waals surface area contributed by atoms with Crippen LogP contribution >= 0.6 is 11.6 Å². The Kier molecular flexibility index (Phi) is 5.48. The van der Waals surface area contributed by atoms with E-state index in [9.17, 15) is 18.0 Å². The summed E-state index contributed by atoms with van der Waals surface area (Å²) in [7, 11) is -3.44. The van der Waals surface area contributed by atoms with Crippen LogP contribution in [0.5, 0.6) is 0 Å². The van der Waals surface area contributed by atoms with Crippen molar-refractivity contribution >= 4 is 38.9 Å². The molecule has 0 spiro atoms. The second-order valence-corrected chi connectivity index (χ2v) is 7.71. The van der Waals surface area contributed by atoms with Crippen molar-refractivity contribution in [2.45, 2.75) is 19.9 Å². The molecule has 0 saturated carbocycles. The summed E-state index contributed by atoms with van der Waals surface area (Å²) in [5.74, 6) is -0.480. The predicted molar refractivity (Wildman–Crippen MR) is 96.5 cm³/mol.